The van der Waals surface area contributed by atoms with Gasteiger partial charge in [0.1, 0.15) is 5.75 Å². The molecule has 0 aliphatic heterocycles. The van der Waals surface area contributed by atoms with E-state index in [4.69, 9.17) is 4.74 Å². The van der Waals surface area contributed by atoms with E-state index in [1.165, 1.54) is 5.56 Å². The molecule has 1 amide bonds. The van der Waals surface area contributed by atoms with Gasteiger partial charge in [0, 0.05) is 12.2 Å². The van der Waals surface area contributed by atoms with Crippen molar-refractivity contribution in [3.05, 3.63) is 59.2 Å². The molecule has 2 aromatic carbocycles. The second-order valence-corrected chi connectivity index (χ2v) is 5.42. The number of benzene rings is 2. The van der Waals surface area contributed by atoms with Crippen LogP contribution in [0.15, 0.2) is 42.5 Å². The highest BCUT2D eigenvalue weighted by atomic mass is 16.5. The second kappa shape index (κ2) is 7.12. The zero-order chi connectivity index (χ0) is 16.1. The highest BCUT2D eigenvalue weighted by Gasteiger charge is 2.15. The predicted molar refractivity (Wildman–Crippen MR) is 90.6 cm³/mol. The van der Waals surface area contributed by atoms with Gasteiger partial charge in [0.2, 0.25) is 0 Å². The molecular formula is C19H23NO2. The minimum atomic E-state index is -0.0333. The van der Waals surface area contributed by atoms with Crippen molar-refractivity contribution in [3.8, 4) is 5.75 Å². The molecule has 0 radical (unpaired) electrons. The predicted octanol–water partition coefficient (Wildman–Crippen LogP) is 4.04. The molecule has 0 aliphatic carbocycles. The van der Waals surface area contributed by atoms with E-state index in [9.17, 15) is 4.79 Å². The highest BCUT2D eigenvalue weighted by Crippen LogP contribution is 2.26. The van der Waals surface area contributed by atoms with Gasteiger partial charge in [-0.15, -0.1) is 0 Å². The molecule has 0 aromatic heterocycles. The number of nitrogens with zero attached hydrogens (tertiary/aromatic N) is 1. The Labute approximate surface area is 132 Å². The van der Waals surface area contributed by atoms with Crippen LogP contribution < -0.4 is 9.64 Å². The molecule has 0 unspecified atom stereocenters. The third-order valence-electron chi connectivity index (χ3n) is 3.90. The van der Waals surface area contributed by atoms with Crippen molar-refractivity contribution in [1.29, 1.82) is 0 Å². The number of para-hydroxylation sites is 1. The number of likely N-dealkylation sites (N-methyl/N-ethyl adjacent to an activating group) is 1. The Balaban J connectivity index is 2.11. The lowest BCUT2D eigenvalue weighted by atomic mass is 10.1. The van der Waals surface area contributed by atoms with Gasteiger partial charge >= 0.3 is 0 Å². The van der Waals surface area contributed by atoms with Crippen LogP contribution in [-0.4, -0.2) is 19.1 Å². The number of carbonyl (C=O) groups excluding carboxylic acids is 1. The minimum Gasteiger partial charge on any atom is -0.483 e. The highest BCUT2D eigenvalue weighted by molar-refractivity contribution is 5.94. The Morgan fingerprint density at radius 3 is 2.27 bits per heavy atom. The number of hydrogen-bond donors (Lipinski definition) is 0. The Bertz CT molecular complexity index is 650. The molecule has 2 aromatic rings. The topological polar surface area (TPSA) is 29.5 Å². The van der Waals surface area contributed by atoms with Gasteiger partial charge in [0.15, 0.2) is 6.61 Å². The molecule has 0 saturated carbocycles. The number of rotatable bonds is 5. The van der Waals surface area contributed by atoms with Gasteiger partial charge in [-0.05, 0) is 56.5 Å². The first-order valence-electron chi connectivity index (χ1n) is 7.59. The van der Waals surface area contributed by atoms with E-state index in [1.807, 2.05) is 64.1 Å². The van der Waals surface area contributed by atoms with E-state index in [2.05, 4.69) is 6.07 Å². The fraction of sp³-hybridized carbons (Fsp3) is 0.316. The van der Waals surface area contributed by atoms with Crippen LogP contribution in [0.3, 0.4) is 0 Å². The second-order valence-electron chi connectivity index (χ2n) is 5.42. The summed E-state index contributed by atoms with van der Waals surface area (Å²) in [5, 5.41) is 0. The summed E-state index contributed by atoms with van der Waals surface area (Å²) in [7, 11) is 0. The van der Waals surface area contributed by atoms with Crippen molar-refractivity contribution in [2.75, 3.05) is 18.1 Å². The summed E-state index contributed by atoms with van der Waals surface area (Å²) in [6, 6.07) is 13.8. The van der Waals surface area contributed by atoms with Gasteiger partial charge in [0.25, 0.3) is 5.91 Å². The van der Waals surface area contributed by atoms with Gasteiger partial charge in [0.05, 0.1) is 0 Å². The van der Waals surface area contributed by atoms with Crippen LogP contribution in [0.1, 0.15) is 23.6 Å². The minimum absolute atomic E-state index is 0.0333. The Kier molecular flexibility index (Phi) is 5.21. The summed E-state index contributed by atoms with van der Waals surface area (Å²) in [5.41, 5.74) is 4.22. The standard InChI is InChI=1S/C19H23NO2/c1-5-20(17-9-7-6-8-10-17)18(21)13-22-19-15(3)12-11-14(2)16(19)4/h6-12H,5,13H2,1-4H3. The summed E-state index contributed by atoms with van der Waals surface area (Å²) in [4.78, 5) is 14.2. The summed E-state index contributed by atoms with van der Waals surface area (Å²) in [5.74, 6) is 0.784. The lowest BCUT2D eigenvalue weighted by Crippen LogP contribution is -2.34. The SMILES string of the molecule is CCN(C(=O)COc1c(C)ccc(C)c1C)c1ccccc1. The number of carbonyl (C=O) groups is 1. The largest absolute Gasteiger partial charge is 0.483 e. The third-order valence-corrected chi connectivity index (χ3v) is 3.90. The van der Waals surface area contributed by atoms with Gasteiger partial charge in [-0.25, -0.2) is 0 Å². The quantitative estimate of drug-likeness (QED) is 0.833. The van der Waals surface area contributed by atoms with Crippen molar-refractivity contribution in [2.45, 2.75) is 27.7 Å². The molecule has 0 fully saturated rings. The maximum atomic E-state index is 12.5. The first kappa shape index (κ1) is 16.1. The van der Waals surface area contributed by atoms with Gasteiger partial charge in [-0.1, -0.05) is 30.3 Å². The smallest absolute Gasteiger partial charge is 0.264 e. The number of amides is 1. The van der Waals surface area contributed by atoms with Crippen molar-refractivity contribution in [3.63, 3.8) is 0 Å². The third kappa shape index (κ3) is 3.48. The average Bonchev–Trinajstić information content (AvgIpc) is 2.53. The summed E-state index contributed by atoms with van der Waals surface area (Å²) in [6.45, 7) is 8.71. The lowest BCUT2D eigenvalue weighted by Gasteiger charge is -2.22. The first-order chi connectivity index (χ1) is 10.5. The zero-order valence-corrected chi connectivity index (χ0v) is 13.7. The number of anilines is 1. The normalized spacial score (nSPS) is 10.4. The van der Waals surface area contributed by atoms with Gasteiger partial charge < -0.3 is 9.64 Å². The van der Waals surface area contributed by atoms with E-state index in [0.717, 1.165) is 22.6 Å². The van der Waals surface area contributed by atoms with Crippen LogP contribution in [0, 0.1) is 20.8 Å². The lowest BCUT2D eigenvalue weighted by molar-refractivity contribution is -0.120. The van der Waals surface area contributed by atoms with Crippen LogP contribution in [-0.2, 0) is 4.79 Å². The molecule has 3 heteroatoms. The molecule has 3 nitrogen and oxygen atoms in total. The fourth-order valence-corrected chi connectivity index (χ4v) is 2.47. The molecule has 0 aliphatic rings. The number of ether oxygens (including phenoxy) is 1. The molecule has 0 atom stereocenters. The molecule has 0 bridgehead atoms. The molecule has 0 heterocycles. The molecule has 0 spiro atoms. The molecule has 2 rings (SSSR count). The Morgan fingerprint density at radius 2 is 1.64 bits per heavy atom. The van der Waals surface area contributed by atoms with Crippen molar-refractivity contribution in [1.82, 2.24) is 0 Å². The van der Waals surface area contributed by atoms with Gasteiger partial charge in [-0.3, -0.25) is 4.79 Å². The van der Waals surface area contributed by atoms with Crippen LogP contribution in [0.2, 0.25) is 0 Å². The van der Waals surface area contributed by atoms with E-state index >= 15 is 0 Å². The number of aryl methyl sites for hydroxylation is 2. The fourth-order valence-electron chi connectivity index (χ4n) is 2.47. The van der Waals surface area contributed by atoms with E-state index in [1.54, 1.807) is 4.90 Å². The van der Waals surface area contributed by atoms with Crippen LogP contribution in [0.4, 0.5) is 5.69 Å². The molecule has 0 N–H and O–H groups in total. The van der Waals surface area contributed by atoms with Gasteiger partial charge in [-0.2, -0.15) is 0 Å². The van der Waals surface area contributed by atoms with E-state index < -0.39 is 0 Å². The molecular weight excluding hydrogens is 274 g/mol. The summed E-state index contributed by atoms with van der Waals surface area (Å²) < 4.78 is 5.82. The number of hydrogen-bond acceptors (Lipinski definition) is 2. The molecule has 0 saturated heterocycles. The average molecular weight is 297 g/mol. The first-order valence-corrected chi connectivity index (χ1v) is 7.59. The molecule has 22 heavy (non-hydrogen) atoms. The van der Waals surface area contributed by atoms with Crippen molar-refractivity contribution in [2.24, 2.45) is 0 Å². The van der Waals surface area contributed by atoms with E-state index in [-0.39, 0.29) is 12.5 Å². The van der Waals surface area contributed by atoms with Crippen molar-refractivity contribution >= 4 is 11.6 Å². The maximum absolute atomic E-state index is 12.5. The van der Waals surface area contributed by atoms with E-state index in [0.29, 0.717) is 6.54 Å². The summed E-state index contributed by atoms with van der Waals surface area (Å²) in [6.07, 6.45) is 0. The zero-order valence-electron chi connectivity index (χ0n) is 13.7. The van der Waals surface area contributed by atoms with Crippen LogP contribution in [0.25, 0.3) is 0 Å². The van der Waals surface area contributed by atoms with Crippen LogP contribution >= 0.6 is 0 Å². The maximum Gasteiger partial charge on any atom is 0.264 e. The Morgan fingerprint density at radius 1 is 1.00 bits per heavy atom. The molecule has 116 valence electrons. The summed E-state index contributed by atoms with van der Waals surface area (Å²) >= 11 is 0. The monoisotopic (exact) mass is 297 g/mol. The van der Waals surface area contributed by atoms with Crippen molar-refractivity contribution < 1.29 is 9.53 Å². The Hall–Kier alpha value is -2.29. The van der Waals surface area contributed by atoms with Crippen LogP contribution in [0.5, 0.6) is 5.75 Å².